The summed E-state index contributed by atoms with van der Waals surface area (Å²) in [5.41, 5.74) is 0. The topological polar surface area (TPSA) is 9.23 Å². The van der Waals surface area contributed by atoms with Crippen molar-refractivity contribution in [3.63, 3.8) is 0 Å². The molecule has 5 heteroatoms. The van der Waals surface area contributed by atoms with E-state index in [1.807, 2.05) is 0 Å². The van der Waals surface area contributed by atoms with Crippen molar-refractivity contribution in [1.29, 1.82) is 0 Å². The Morgan fingerprint density at radius 2 is 1.77 bits per heavy atom. The molecule has 1 rings (SSSR count). The molecule has 0 radical (unpaired) electrons. The maximum absolute atomic E-state index is 12.9. The van der Waals surface area contributed by atoms with Gasteiger partial charge in [0.1, 0.15) is 13.3 Å². The summed E-state index contributed by atoms with van der Waals surface area (Å²) >= 11 is 2.91. The lowest BCUT2D eigenvalue weighted by atomic mass is 10.3. The molecule has 0 saturated carbocycles. The molecule has 1 nitrogen and oxygen atoms in total. The van der Waals surface area contributed by atoms with E-state index in [1.54, 1.807) is 0 Å². The molecule has 0 fully saturated rings. The van der Waals surface area contributed by atoms with Gasteiger partial charge in [-0.25, -0.2) is 13.2 Å². The molecule has 0 saturated heterocycles. The number of benzene rings is 1. The summed E-state index contributed by atoms with van der Waals surface area (Å²) < 4.78 is 42.3. The van der Waals surface area contributed by atoms with Crippen LogP contribution in [0.4, 0.5) is 13.2 Å². The fourth-order valence-electron chi connectivity index (χ4n) is 0.807. The third-order valence-electron chi connectivity index (χ3n) is 1.29. The van der Waals surface area contributed by atoms with Crippen molar-refractivity contribution in [2.75, 3.05) is 13.3 Å². The van der Waals surface area contributed by atoms with Crippen molar-refractivity contribution >= 4 is 15.9 Å². The normalized spacial score (nSPS) is 10.2. The summed E-state index contributed by atoms with van der Waals surface area (Å²) in [6, 6.07) is 2.10. The van der Waals surface area contributed by atoms with E-state index < -0.39 is 24.1 Å². The monoisotopic (exact) mass is 254 g/mol. The average molecular weight is 255 g/mol. The Hall–Kier alpha value is -0.710. The molecule has 0 amide bonds. The highest BCUT2D eigenvalue weighted by atomic mass is 79.9. The third-order valence-corrected chi connectivity index (χ3v) is 1.74. The van der Waals surface area contributed by atoms with E-state index in [1.165, 1.54) is 0 Å². The van der Waals surface area contributed by atoms with E-state index in [9.17, 15) is 13.2 Å². The van der Waals surface area contributed by atoms with Gasteiger partial charge in [-0.1, -0.05) is 15.9 Å². The first-order valence-corrected chi connectivity index (χ1v) is 4.27. The zero-order valence-corrected chi connectivity index (χ0v) is 8.08. The predicted octanol–water partition coefficient (Wildman–Crippen LogP) is 3.08. The van der Waals surface area contributed by atoms with E-state index in [-0.39, 0.29) is 11.1 Å². The summed E-state index contributed by atoms with van der Waals surface area (Å²) in [6.07, 6.45) is 0. The second kappa shape index (κ2) is 4.50. The fraction of sp³-hybridized carbons (Fsp3) is 0.250. The lowest BCUT2D eigenvalue weighted by molar-refractivity contribution is 0.251. The molecule has 0 N–H and O–H groups in total. The molecule has 0 bridgehead atoms. The minimum absolute atomic E-state index is 0.273. The summed E-state index contributed by atoms with van der Waals surface area (Å²) in [6.45, 7) is -1.13. The van der Waals surface area contributed by atoms with E-state index in [4.69, 9.17) is 0 Å². The highest BCUT2D eigenvalue weighted by molar-refractivity contribution is 9.10. The molecule has 0 unspecified atom stereocenters. The van der Waals surface area contributed by atoms with Gasteiger partial charge in [-0.3, -0.25) is 0 Å². The van der Waals surface area contributed by atoms with Crippen LogP contribution in [0.2, 0.25) is 0 Å². The zero-order valence-electron chi connectivity index (χ0n) is 6.49. The summed E-state index contributed by atoms with van der Waals surface area (Å²) in [5.74, 6) is -2.23. The number of hydrogen-bond acceptors (Lipinski definition) is 1. The van der Waals surface area contributed by atoms with Gasteiger partial charge in [0.15, 0.2) is 17.4 Å². The SMILES string of the molecule is FCCOc1c(F)cc(Br)cc1F. The quantitative estimate of drug-likeness (QED) is 0.806. The van der Waals surface area contributed by atoms with Crippen LogP contribution in [0.5, 0.6) is 5.75 Å². The van der Waals surface area contributed by atoms with Gasteiger partial charge in [0.05, 0.1) is 0 Å². The molecular formula is C8H6BrF3O. The zero-order chi connectivity index (χ0) is 9.84. The Labute approximate surface area is 81.6 Å². The molecule has 13 heavy (non-hydrogen) atoms. The van der Waals surface area contributed by atoms with Gasteiger partial charge in [0.25, 0.3) is 0 Å². The first-order chi connectivity index (χ1) is 6.15. The van der Waals surface area contributed by atoms with E-state index >= 15 is 0 Å². The average Bonchev–Trinajstić information content (AvgIpc) is 2.02. The van der Waals surface area contributed by atoms with Crippen LogP contribution in [-0.4, -0.2) is 13.3 Å². The van der Waals surface area contributed by atoms with Gasteiger partial charge in [-0.05, 0) is 12.1 Å². The van der Waals surface area contributed by atoms with Gasteiger partial charge in [0.2, 0.25) is 0 Å². The van der Waals surface area contributed by atoms with Crippen molar-refractivity contribution in [3.8, 4) is 5.75 Å². The molecule has 72 valence electrons. The third kappa shape index (κ3) is 2.62. The van der Waals surface area contributed by atoms with Crippen molar-refractivity contribution in [1.82, 2.24) is 0 Å². The molecule has 0 heterocycles. The lowest BCUT2D eigenvalue weighted by Crippen LogP contribution is -2.02. The molecule has 0 atom stereocenters. The predicted molar refractivity (Wildman–Crippen MR) is 45.5 cm³/mol. The summed E-state index contributed by atoms with van der Waals surface area (Å²) in [4.78, 5) is 0. The summed E-state index contributed by atoms with van der Waals surface area (Å²) in [5, 5.41) is 0. The molecular weight excluding hydrogens is 249 g/mol. The van der Waals surface area contributed by atoms with Crippen LogP contribution in [0, 0.1) is 11.6 Å². The van der Waals surface area contributed by atoms with E-state index in [0.717, 1.165) is 12.1 Å². The minimum Gasteiger partial charge on any atom is -0.485 e. The Bertz CT molecular complexity index is 280. The molecule has 0 aromatic heterocycles. The Balaban J connectivity index is 2.92. The Morgan fingerprint density at radius 3 is 2.23 bits per heavy atom. The van der Waals surface area contributed by atoms with Gasteiger partial charge in [-0.15, -0.1) is 0 Å². The standard InChI is InChI=1S/C8H6BrF3O/c9-5-3-6(11)8(7(12)4-5)13-2-1-10/h3-4H,1-2H2. The molecule has 0 aliphatic heterocycles. The van der Waals surface area contributed by atoms with E-state index in [2.05, 4.69) is 20.7 Å². The van der Waals surface area contributed by atoms with Gasteiger partial charge >= 0.3 is 0 Å². The van der Waals surface area contributed by atoms with Crippen LogP contribution in [-0.2, 0) is 0 Å². The van der Waals surface area contributed by atoms with Crippen molar-refractivity contribution in [2.45, 2.75) is 0 Å². The summed E-state index contributed by atoms with van der Waals surface area (Å²) in [7, 11) is 0. The Morgan fingerprint density at radius 1 is 1.23 bits per heavy atom. The maximum atomic E-state index is 12.9. The number of hydrogen-bond donors (Lipinski definition) is 0. The highest BCUT2D eigenvalue weighted by Gasteiger charge is 2.11. The number of ether oxygens (including phenoxy) is 1. The highest BCUT2D eigenvalue weighted by Crippen LogP contribution is 2.25. The van der Waals surface area contributed by atoms with Crippen LogP contribution in [0.1, 0.15) is 0 Å². The van der Waals surface area contributed by atoms with Crippen molar-refractivity contribution in [2.24, 2.45) is 0 Å². The molecule has 0 aliphatic rings. The first kappa shape index (κ1) is 10.4. The molecule has 1 aromatic carbocycles. The fourth-order valence-corrected chi connectivity index (χ4v) is 1.21. The molecule has 0 aliphatic carbocycles. The van der Waals surface area contributed by atoms with E-state index in [0.29, 0.717) is 0 Å². The van der Waals surface area contributed by atoms with Crippen LogP contribution in [0.3, 0.4) is 0 Å². The van der Waals surface area contributed by atoms with Crippen LogP contribution in [0.15, 0.2) is 16.6 Å². The first-order valence-electron chi connectivity index (χ1n) is 3.48. The maximum Gasteiger partial charge on any atom is 0.190 e. The number of halogens is 4. The largest absolute Gasteiger partial charge is 0.485 e. The smallest absolute Gasteiger partial charge is 0.190 e. The van der Waals surface area contributed by atoms with Crippen LogP contribution >= 0.6 is 15.9 Å². The van der Waals surface area contributed by atoms with Crippen LogP contribution < -0.4 is 4.74 Å². The molecule has 1 aromatic rings. The second-order valence-electron chi connectivity index (χ2n) is 2.24. The number of rotatable bonds is 3. The second-order valence-corrected chi connectivity index (χ2v) is 3.15. The van der Waals surface area contributed by atoms with Crippen LogP contribution in [0.25, 0.3) is 0 Å². The lowest BCUT2D eigenvalue weighted by Gasteiger charge is -2.06. The van der Waals surface area contributed by atoms with Crippen molar-refractivity contribution in [3.05, 3.63) is 28.2 Å². The molecule has 0 spiro atoms. The minimum atomic E-state index is -0.847. The van der Waals surface area contributed by atoms with Crippen molar-refractivity contribution < 1.29 is 17.9 Å². The van der Waals surface area contributed by atoms with Gasteiger partial charge in [-0.2, -0.15) is 0 Å². The number of alkyl halides is 1. The van der Waals surface area contributed by atoms with Gasteiger partial charge < -0.3 is 4.74 Å². The van der Waals surface area contributed by atoms with Gasteiger partial charge in [0, 0.05) is 4.47 Å². The Kier molecular flexibility index (Phi) is 3.59.